The van der Waals surface area contributed by atoms with Crippen LogP contribution >= 0.6 is 23.2 Å². The van der Waals surface area contributed by atoms with Gasteiger partial charge in [0.1, 0.15) is 11.5 Å². The third-order valence-corrected chi connectivity index (χ3v) is 3.63. The van der Waals surface area contributed by atoms with Gasteiger partial charge in [-0.25, -0.2) is 0 Å². The molecule has 0 aliphatic carbocycles. The second-order valence-corrected chi connectivity index (χ2v) is 5.80. The van der Waals surface area contributed by atoms with Gasteiger partial charge in [0.15, 0.2) is 5.82 Å². The normalized spacial score (nSPS) is 10.5. The van der Waals surface area contributed by atoms with Crippen LogP contribution in [0.1, 0.15) is 16.2 Å². The number of pyridine rings is 1. The number of nitrogens with zero attached hydrogens (tertiary/aromatic N) is 2. The quantitative estimate of drug-likeness (QED) is 0.704. The molecule has 0 aliphatic heterocycles. The molecule has 8 heteroatoms. The van der Waals surface area contributed by atoms with Crippen LogP contribution in [0.2, 0.25) is 10.0 Å². The molecule has 24 heavy (non-hydrogen) atoms. The first-order valence-corrected chi connectivity index (χ1v) is 7.69. The SMILES string of the molecule is Cc1cc(Nc2ccnc(C(=O)Nc3cc(Cl)ccc3Cl)c2)no1. The summed E-state index contributed by atoms with van der Waals surface area (Å²) in [5, 5.41) is 10.4. The first-order valence-electron chi connectivity index (χ1n) is 6.94. The Morgan fingerprint density at radius 3 is 2.75 bits per heavy atom. The fourth-order valence-corrected chi connectivity index (χ4v) is 2.32. The van der Waals surface area contributed by atoms with Crippen LogP contribution in [-0.2, 0) is 0 Å². The standard InChI is InChI=1S/C16H12Cl2N4O2/c1-9-6-15(22-24-9)20-11-4-5-19-14(8-11)16(23)21-13-7-10(17)2-3-12(13)18/h2-8H,1H3,(H,21,23)(H,19,20,22). The van der Waals surface area contributed by atoms with Gasteiger partial charge in [0.05, 0.1) is 10.7 Å². The van der Waals surface area contributed by atoms with Gasteiger partial charge in [-0.1, -0.05) is 28.4 Å². The molecule has 2 aromatic heterocycles. The van der Waals surface area contributed by atoms with Crippen molar-refractivity contribution in [1.82, 2.24) is 10.1 Å². The molecule has 1 aromatic carbocycles. The highest BCUT2D eigenvalue weighted by molar-refractivity contribution is 6.35. The molecule has 3 rings (SSSR count). The number of hydrogen-bond acceptors (Lipinski definition) is 5. The predicted molar refractivity (Wildman–Crippen MR) is 93.2 cm³/mol. The number of carbonyl (C=O) groups is 1. The minimum absolute atomic E-state index is 0.219. The number of aromatic nitrogens is 2. The summed E-state index contributed by atoms with van der Waals surface area (Å²) in [5.41, 5.74) is 1.29. The molecule has 0 fully saturated rings. The fraction of sp³-hybridized carbons (Fsp3) is 0.0625. The highest BCUT2D eigenvalue weighted by Gasteiger charge is 2.11. The van der Waals surface area contributed by atoms with Crippen molar-refractivity contribution >= 4 is 46.3 Å². The monoisotopic (exact) mass is 362 g/mol. The van der Waals surface area contributed by atoms with E-state index in [-0.39, 0.29) is 5.69 Å². The second kappa shape index (κ2) is 6.90. The Kier molecular flexibility index (Phi) is 4.69. The van der Waals surface area contributed by atoms with Gasteiger partial charge < -0.3 is 15.2 Å². The molecule has 0 atom stereocenters. The summed E-state index contributed by atoms with van der Waals surface area (Å²) < 4.78 is 4.98. The number of anilines is 3. The Bertz CT molecular complexity index is 895. The van der Waals surface area contributed by atoms with Crippen LogP contribution in [0.5, 0.6) is 0 Å². The Morgan fingerprint density at radius 2 is 2.00 bits per heavy atom. The van der Waals surface area contributed by atoms with Crippen LogP contribution in [0.4, 0.5) is 17.2 Å². The first kappa shape index (κ1) is 16.3. The summed E-state index contributed by atoms with van der Waals surface area (Å²) in [7, 11) is 0. The lowest BCUT2D eigenvalue weighted by molar-refractivity contribution is 0.102. The molecule has 6 nitrogen and oxygen atoms in total. The molecule has 0 spiro atoms. The Labute approximate surface area is 147 Å². The molecule has 122 valence electrons. The maximum Gasteiger partial charge on any atom is 0.274 e. The number of benzene rings is 1. The van der Waals surface area contributed by atoms with E-state index >= 15 is 0 Å². The number of amides is 1. The number of carbonyl (C=O) groups excluding carboxylic acids is 1. The van der Waals surface area contributed by atoms with Crippen molar-refractivity contribution in [2.45, 2.75) is 6.92 Å². The van der Waals surface area contributed by atoms with E-state index in [1.165, 1.54) is 6.20 Å². The topological polar surface area (TPSA) is 80.0 Å². The van der Waals surface area contributed by atoms with Gasteiger partial charge in [0.25, 0.3) is 5.91 Å². The second-order valence-electron chi connectivity index (χ2n) is 4.96. The average molecular weight is 363 g/mol. The highest BCUT2D eigenvalue weighted by Crippen LogP contribution is 2.26. The summed E-state index contributed by atoms with van der Waals surface area (Å²) >= 11 is 12.0. The summed E-state index contributed by atoms with van der Waals surface area (Å²) in [4.78, 5) is 16.4. The zero-order valence-corrected chi connectivity index (χ0v) is 14.0. The Morgan fingerprint density at radius 1 is 1.17 bits per heavy atom. The summed E-state index contributed by atoms with van der Waals surface area (Å²) in [6, 6.07) is 9.87. The van der Waals surface area contributed by atoms with Gasteiger partial charge in [-0.05, 0) is 37.3 Å². The highest BCUT2D eigenvalue weighted by atomic mass is 35.5. The van der Waals surface area contributed by atoms with Crippen molar-refractivity contribution in [1.29, 1.82) is 0 Å². The van der Waals surface area contributed by atoms with Gasteiger partial charge in [0, 0.05) is 23.0 Å². The van der Waals surface area contributed by atoms with Crippen LogP contribution in [0.25, 0.3) is 0 Å². The van der Waals surface area contributed by atoms with Crippen molar-refractivity contribution in [2.24, 2.45) is 0 Å². The molecule has 3 aromatic rings. The minimum Gasteiger partial charge on any atom is -0.360 e. The Balaban J connectivity index is 1.77. The molecular weight excluding hydrogens is 351 g/mol. The van der Waals surface area contributed by atoms with Crippen molar-refractivity contribution < 1.29 is 9.32 Å². The summed E-state index contributed by atoms with van der Waals surface area (Å²) in [6.07, 6.45) is 1.52. The van der Waals surface area contributed by atoms with E-state index in [0.29, 0.717) is 33.0 Å². The number of hydrogen-bond donors (Lipinski definition) is 2. The van der Waals surface area contributed by atoms with E-state index < -0.39 is 5.91 Å². The molecule has 2 N–H and O–H groups in total. The largest absolute Gasteiger partial charge is 0.360 e. The molecule has 0 aliphatic rings. The number of rotatable bonds is 4. The minimum atomic E-state index is -0.404. The molecule has 0 saturated carbocycles. The molecule has 2 heterocycles. The molecule has 1 amide bonds. The number of halogens is 2. The van der Waals surface area contributed by atoms with Crippen LogP contribution in [0, 0.1) is 6.92 Å². The molecular formula is C16H12Cl2N4O2. The lowest BCUT2D eigenvalue weighted by atomic mass is 10.2. The van der Waals surface area contributed by atoms with Crippen LogP contribution in [-0.4, -0.2) is 16.0 Å². The van der Waals surface area contributed by atoms with Crippen LogP contribution in [0.3, 0.4) is 0 Å². The van der Waals surface area contributed by atoms with Crippen LogP contribution in [0.15, 0.2) is 47.1 Å². The van der Waals surface area contributed by atoms with E-state index in [9.17, 15) is 4.79 Å². The summed E-state index contributed by atoms with van der Waals surface area (Å²) in [5.74, 6) is 0.821. The predicted octanol–water partition coefficient (Wildman–Crippen LogP) is 4.68. The summed E-state index contributed by atoms with van der Waals surface area (Å²) in [6.45, 7) is 1.79. The lowest BCUT2D eigenvalue weighted by Crippen LogP contribution is -2.14. The molecule has 0 bridgehead atoms. The van der Waals surface area contributed by atoms with E-state index in [0.717, 1.165) is 0 Å². The third kappa shape index (κ3) is 3.84. The van der Waals surface area contributed by atoms with Gasteiger partial charge in [-0.2, -0.15) is 0 Å². The lowest BCUT2D eigenvalue weighted by Gasteiger charge is -2.08. The van der Waals surface area contributed by atoms with Crippen molar-refractivity contribution in [3.05, 3.63) is 64.1 Å². The third-order valence-electron chi connectivity index (χ3n) is 3.07. The molecule has 0 saturated heterocycles. The zero-order chi connectivity index (χ0) is 17.1. The van der Waals surface area contributed by atoms with Gasteiger partial charge in [-0.15, -0.1) is 0 Å². The zero-order valence-electron chi connectivity index (χ0n) is 12.5. The number of aryl methyl sites for hydroxylation is 1. The molecule has 0 unspecified atom stereocenters. The smallest absolute Gasteiger partial charge is 0.274 e. The van der Waals surface area contributed by atoms with Crippen LogP contribution < -0.4 is 10.6 Å². The van der Waals surface area contributed by atoms with Crippen molar-refractivity contribution in [3.63, 3.8) is 0 Å². The van der Waals surface area contributed by atoms with Gasteiger partial charge in [0.2, 0.25) is 0 Å². The maximum atomic E-state index is 12.3. The number of nitrogens with one attached hydrogen (secondary N) is 2. The van der Waals surface area contributed by atoms with Crippen molar-refractivity contribution in [2.75, 3.05) is 10.6 Å². The van der Waals surface area contributed by atoms with Crippen molar-refractivity contribution in [3.8, 4) is 0 Å². The van der Waals surface area contributed by atoms with Gasteiger partial charge in [-0.3, -0.25) is 9.78 Å². The van der Waals surface area contributed by atoms with E-state index in [2.05, 4.69) is 20.8 Å². The van der Waals surface area contributed by atoms with E-state index in [1.54, 1.807) is 43.3 Å². The average Bonchev–Trinajstić information content (AvgIpc) is 2.96. The molecule has 0 radical (unpaired) electrons. The fourth-order valence-electron chi connectivity index (χ4n) is 1.99. The van der Waals surface area contributed by atoms with E-state index in [4.69, 9.17) is 27.7 Å². The first-order chi connectivity index (χ1) is 11.5. The maximum absolute atomic E-state index is 12.3. The Hall–Kier alpha value is -2.57. The van der Waals surface area contributed by atoms with E-state index in [1.807, 2.05) is 0 Å². The van der Waals surface area contributed by atoms with Gasteiger partial charge >= 0.3 is 0 Å².